The van der Waals surface area contributed by atoms with Crippen LogP contribution >= 0.6 is 24.0 Å². The van der Waals surface area contributed by atoms with Crippen LogP contribution < -0.4 is 9.64 Å². The molecular formula is C18H20N2O2S2. The summed E-state index contributed by atoms with van der Waals surface area (Å²) < 4.78 is 6.61. The fourth-order valence-electron chi connectivity index (χ4n) is 2.74. The summed E-state index contributed by atoms with van der Waals surface area (Å²) in [5, 5.41) is 0. The molecule has 126 valence electrons. The highest BCUT2D eigenvalue weighted by Gasteiger charge is 2.31. The highest BCUT2D eigenvalue weighted by atomic mass is 32.2. The Morgan fingerprint density at radius 2 is 1.79 bits per heavy atom. The number of carbonyl (C=O) groups excluding carboxylic acids is 1. The highest BCUT2D eigenvalue weighted by molar-refractivity contribution is 8.26. The second kappa shape index (κ2) is 6.61. The van der Waals surface area contributed by atoms with Crippen LogP contribution in [0.15, 0.2) is 35.1 Å². The number of carbonyl (C=O) groups is 1. The summed E-state index contributed by atoms with van der Waals surface area (Å²) in [5.74, 6) is 1.56. The summed E-state index contributed by atoms with van der Waals surface area (Å²) >= 11 is 6.58. The Labute approximate surface area is 152 Å². The van der Waals surface area contributed by atoms with Crippen LogP contribution in [0.4, 0.5) is 5.69 Å². The zero-order chi connectivity index (χ0) is 17.4. The number of likely N-dealkylation sites (N-methyl/N-ethyl adjacent to an activating group) is 1. The Morgan fingerprint density at radius 3 is 2.42 bits per heavy atom. The van der Waals surface area contributed by atoms with Gasteiger partial charge in [-0.15, -0.1) is 0 Å². The summed E-state index contributed by atoms with van der Waals surface area (Å²) in [7, 11) is 0. The molecule has 0 radical (unpaired) electrons. The van der Waals surface area contributed by atoms with Gasteiger partial charge in [-0.1, -0.05) is 24.0 Å². The standard InChI is InChI=1S/C18H20N2O2S2/c1-5-19-13-9-11(3)12(4)10-14(13)22-16(19)8-7-15-17(21)20(6-2)18(23)24-15/h7-10H,5-6H2,1-4H3. The fraction of sp³-hybridized carbons (Fsp3) is 0.333. The summed E-state index contributed by atoms with van der Waals surface area (Å²) in [4.78, 5) is 16.6. The van der Waals surface area contributed by atoms with Gasteiger partial charge < -0.3 is 9.64 Å². The molecule has 0 N–H and O–H groups in total. The third-order valence-electron chi connectivity index (χ3n) is 4.23. The number of benzene rings is 1. The molecule has 1 amide bonds. The Hall–Kier alpha value is -1.79. The minimum Gasteiger partial charge on any atom is -0.439 e. The van der Waals surface area contributed by atoms with E-state index in [1.807, 2.05) is 13.0 Å². The summed E-state index contributed by atoms with van der Waals surface area (Å²) in [6, 6.07) is 4.20. The maximum atomic E-state index is 12.3. The Morgan fingerprint density at radius 1 is 1.12 bits per heavy atom. The lowest BCUT2D eigenvalue weighted by atomic mass is 10.1. The average Bonchev–Trinajstić information content (AvgIpc) is 3.02. The maximum absolute atomic E-state index is 12.3. The second-order valence-corrected chi connectivity index (χ2v) is 7.38. The van der Waals surface area contributed by atoms with Crippen molar-refractivity contribution in [1.29, 1.82) is 0 Å². The molecule has 6 heteroatoms. The fourth-order valence-corrected chi connectivity index (χ4v) is 4.06. The van der Waals surface area contributed by atoms with Crippen molar-refractivity contribution in [3.05, 3.63) is 46.2 Å². The molecule has 0 atom stereocenters. The van der Waals surface area contributed by atoms with Crippen molar-refractivity contribution in [2.75, 3.05) is 18.0 Å². The van der Waals surface area contributed by atoms with E-state index in [1.54, 1.807) is 11.0 Å². The van der Waals surface area contributed by atoms with Gasteiger partial charge >= 0.3 is 0 Å². The third kappa shape index (κ3) is 2.84. The third-order valence-corrected chi connectivity index (χ3v) is 5.63. The van der Waals surface area contributed by atoms with Gasteiger partial charge in [0.15, 0.2) is 5.75 Å². The van der Waals surface area contributed by atoms with E-state index < -0.39 is 0 Å². The molecule has 1 aromatic carbocycles. The Bertz CT molecular complexity index is 783. The molecule has 0 bridgehead atoms. The zero-order valence-electron chi connectivity index (χ0n) is 14.3. The van der Waals surface area contributed by atoms with Crippen molar-refractivity contribution in [2.45, 2.75) is 27.7 Å². The number of aryl methyl sites for hydroxylation is 2. The lowest BCUT2D eigenvalue weighted by molar-refractivity contribution is -0.122. The van der Waals surface area contributed by atoms with Crippen LogP contribution in [-0.4, -0.2) is 28.2 Å². The van der Waals surface area contributed by atoms with Gasteiger partial charge in [0.1, 0.15) is 4.32 Å². The first-order valence-corrected chi connectivity index (χ1v) is 9.21. The Balaban J connectivity index is 1.91. The van der Waals surface area contributed by atoms with Crippen LogP contribution in [-0.2, 0) is 4.79 Å². The average molecular weight is 361 g/mol. The first-order valence-electron chi connectivity index (χ1n) is 7.98. The minimum atomic E-state index is -0.0328. The number of fused-ring (bicyclic) bond motifs is 1. The van der Waals surface area contributed by atoms with E-state index in [0.29, 0.717) is 15.8 Å². The number of rotatable bonds is 3. The highest BCUT2D eigenvalue weighted by Crippen LogP contribution is 2.41. The summed E-state index contributed by atoms with van der Waals surface area (Å²) in [6.07, 6.45) is 3.66. The number of ether oxygens (including phenoxy) is 1. The number of allylic oxidation sites excluding steroid dienone is 2. The van der Waals surface area contributed by atoms with Crippen LogP contribution in [0.1, 0.15) is 25.0 Å². The van der Waals surface area contributed by atoms with Crippen molar-refractivity contribution in [1.82, 2.24) is 4.90 Å². The molecular weight excluding hydrogens is 340 g/mol. The van der Waals surface area contributed by atoms with Crippen molar-refractivity contribution < 1.29 is 9.53 Å². The molecule has 2 aliphatic rings. The first kappa shape index (κ1) is 17.0. The molecule has 0 aliphatic carbocycles. The van der Waals surface area contributed by atoms with Gasteiger partial charge in [-0.3, -0.25) is 9.69 Å². The quantitative estimate of drug-likeness (QED) is 0.598. The SMILES string of the molecule is CCN1C(=O)C(=CC=C2Oc3cc(C)c(C)cc3N2CC)SC1=S. The topological polar surface area (TPSA) is 32.8 Å². The normalized spacial score (nSPS) is 20.3. The molecule has 4 nitrogen and oxygen atoms in total. The number of thioether (sulfide) groups is 1. The lowest BCUT2D eigenvalue weighted by Crippen LogP contribution is -2.27. The van der Waals surface area contributed by atoms with E-state index in [-0.39, 0.29) is 5.91 Å². The van der Waals surface area contributed by atoms with Gasteiger partial charge in [0.2, 0.25) is 5.88 Å². The predicted molar refractivity (Wildman–Crippen MR) is 103 cm³/mol. The van der Waals surface area contributed by atoms with Gasteiger partial charge in [-0.2, -0.15) is 0 Å². The lowest BCUT2D eigenvalue weighted by Gasteiger charge is -2.15. The van der Waals surface area contributed by atoms with Crippen LogP contribution in [0.25, 0.3) is 0 Å². The van der Waals surface area contributed by atoms with Crippen molar-refractivity contribution in [2.24, 2.45) is 0 Å². The predicted octanol–water partition coefficient (Wildman–Crippen LogP) is 4.13. The van der Waals surface area contributed by atoms with Gasteiger partial charge in [-0.05, 0) is 57.0 Å². The molecule has 0 aromatic heterocycles. The molecule has 1 saturated heterocycles. The van der Waals surface area contributed by atoms with E-state index in [9.17, 15) is 4.79 Å². The molecule has 0 saturated carbocycles. The van der Waals surface area contributed by atoms with Crippen LogP contribution in [0, 0.1) is 13.8 Å². The van der Waals surface area contributed by atoms with Gasteiger partial charge in [0.25, 0.3) is 5.91 Å². The van der Waals surface area contributed by atoms with Crippen LogP contribution in [0.3, 0.4) is 0 Å². The van der Waals surface area contributed by atoms with Crippen LogP contribution in [0.5, 0.6) is 5.75 Å². The molecule has 0 spiro atoms. The molecule has 3 rings (SSSR count). The van der Waals surface area contributed by atoms with Gasteiger partial charge in [-0.25, -0.2) is 0 Å². The van der Waals surface area contributed by atoms with Crippen molar-refractivity contribution in [3.63, 3.8) is 0 Å². The largest absolute Gasteiger partial charge is 0.439 e. The number of hydrogen-bond donors (Lipinski definition) is 0. The monoisotopic (exact) mass is 360 g/mol. The van der Waals surface area contributed by atoms with Gasteiger partial charge in [0, 0.05) is 19.2 Å². The zero-order valence-corrected chi connectivity index (χ0v) is 15.9. The molecule has 24 heavy (non-hydrogen) atoms. The first-order chi connectivity index (χ1) is 11.5. The van der Waals surface area contributed by atoms with Crippen LogP contribution in [0.2, 0.25) is 0 Å². The molecule has 1 fully saturated rings. The van der Waals surface area contributed by atoms with Crippen molar-refractivity contribution >= 4 is 39.9 Å². The number of thiocarbonyl (C=S) groups is 1. The maximum Gasteiger partial charge on any atom is 0.266 e. The molecule has 2 aliphatic heterocycles. The van der Waals surface area contributed by atoms with E-state index in [1.165, 1.54) is 22.9 Å². The number of hydrogen-bond acceptors (Lipinski definition) is 5. The molecule has 1 aromatic rings. The second-order valence-electron chi connectivity index (χ2n) is 5.70. The summed E-state index contributed by atoms with van der Waals surface area (Å²) in [5.41, 5.74) is 3.51. The van der Waals surface area contributed by atoms with E-state index in [4.69, 9.17) is 17.0 Å². The number of nitrogens with zero attached hydrogens (tertiary/aromatic N) is 2. The minimum absolute atomic E-state index is 0.0328. The molecule has 2 heterocycles. The van der Waals surface area contributed by atoms with E-state index in [2.05, 4.69) is 37.8 Å². The smallest absolute Gasteiger partial charge is 0.266 e. The van der Waals surface area contributed by atoms with Gasteiger partial charge in [0.05, 0.1) is 10.6 Å². The summed E-state index contributed by atoms with van der Waals surface area (Å²) in [6.45, 7) is 9.57. The van der Waals surface area contributed by atoms with Crippen molar-refractivity contribution in [3.8, 4) is 5.75 Å². The molecule has 0 unspecified atom stereocenters. The number of anilines is 1. The van der Waals surface area contributed by atoms with E-state index >= 15 is 0 Å². The number of amides is 1. The Kier molecular flexibility index (Phi) is 4.69. The van der Waals surface area contributed by atoms with E-state index in [0.717, 1.165) is 23.9 Å².